The summed E-state index contributed by atoms with van der Waals surface area (Å²) in [6, 6.07) is 15.7. The van der Waals surface area contributed by atoms with Crippen LogP contribution < -0.4 is 10.1 Å². The van der Waals surface area contributed by atoms with Crippen molar-refractivity contribution in [1.29, 1.82) is 0 Å². The number of hydrogen-bond acceptors (Lipinski definition) is 5. The van der Waals surface area contributed by atoms with Crippen molar-refractivity contribution in [2.24, 2.45) is 4.99 Å². The summed E-state index contributed by atoms with van der Waals surface area (Å²) >= 11 is 1.67. The molecule has 0 amide bonds. The van der Waals surface area contributed by atoms with Crippen molar-refractivity contribution in [1.82, 2.24) is 5.32 Å². The summed E-state index contributed by atoms with van der Waals surface area (Å²) in [7, 11) is 0. The minimum Gasteiger partial charge on any atom is -0.508 e. The first-order valence-electron chi connectivity index (χ1n) is 9.58. The van der Waals surface area contributed by atoms with Crippen LogP contribution in [0, 0.1) is 0 Å². The molecular formula is C23H26N2O2S. The highest BCUT2D eigenvalue weighted by atomic mass is 32.2. The number of amidine groups is 1. The average Bonchev–Trinajstić information content (AvgIpc) is 2.65. The van der Waals surface area contributed by atoms with Crippen LogP contribution in [-0.2, 0) is 5.54 Å². The Morgan fingerprint density at radius 2 is 2.07 bits per heavy atom. The standard InChI is InChI=1S/C23H26N2O2S/c1-4-12-28-21-24-22(2,3)15-23(25-21)14-20(16-8-6-5-7-9-16)27-19-13-17(26)10-11-18(19)23/h4-11,13,20,26H,1,12,14-15H2,2-3H3,(H,24,25)/t20-,23-/m0/s1. The van der Waals surface area contributed by atoms with E-state index < -0.39 is 5.54 Å². The molecule has 0 unspecified atom stereocenters. The van der Waals surface area contributed by atoms with E-state index in [-0.39, 0.29) is 17.4 Å². The number of ether oxygens (including phenoxy) is 1. The normalized spacial score (nSPS) is 25.2. The Labute approximate surface area is 170 Å². The van der Waals surface area contributed by atoms with Gasteiger partial charge in [-0.25, -0.2) is 0 Å². The molecule has 4 rings (SSSR count). The summed E-state index contributed by atoms with van der Waals surface area (Å²) in [6.07, 6.45) is 3.39. The zero-order valence-corrected chi connectivity index (χ0v) is 17.1. The quantitative estimate of drug-likeness (QED) is 0.706. The van der Waals surface area contributed by atoms with Gasteiger partial charge in [-0.1, -0.05) is 48.2 Å². The first kappa shape index (κ1) is 18.9. The molecule has 0 saturated carbocycles. The Balaban J connectivity index is 1.84. The molecule has 0 aromatic heterocycles. The Kier molecular flexibility index (Phi) is 4.88. The molecule has 0 saturated heterocycles. The SMILES string of the molecule is C=CCSC1=N[C@@]2(C[C@@H](c3ccccc3)Oc3cc(O)ccc32)CC(C)(C)N1. The molecule has 2 aliphatic heterocycles. The molecule has 146 valence electrons. The van der Waals surface area contributed by atoms with Crippen molar-refractivity contribution in [3.63, 3.8) is 0 Å². The van der Waals surface area contributed by atoms with E-state index in [1.165, 1.54) is 0 Å². The van der Waals surface area contributed by atoms with Gasteiger partial charge in [0.25, 0.3) is 0 Å². The van der Waals surface area contributed by atoms with Gasteiger partial charge in [0.1, 0.15) is 17.6 Å². The first-order valence-corrected chi connectivity index (χ1v) is 10.6. The van der Waals surface area contributed by atoms with E-state index in [1.54, 1.807) is 23.9 Å². The molecule has 2 aromatic carbocycles. The van der Waals surface area contributed by atoms with Crippen molar-refractivity contribution in [3.8, 4) is 11.5 Å². The van der Waals surface area contributed by atoms with E-state index in [1.807, 2.05) is 30.3 Å². The molecule has 0 bridgehead atoms. The fraction of sp³-hybridized carbons (Fsp3) is 0.348. The van der Waals surface area contributed by atoms with Crippen molar-refractivity contribution >= 4 is 16.9 Å². The highest BCUT2D eigenvalue weighted by molar-refractivity contribution is 8.13. The maximum atomic E-state index is 10.1. The van der Waals surface area contributed by atoms with E-state index in [0.717, 1.165) is 40.6 Å². The van der Waals surface area contributed by atoms with Crippen LogP contribution in [0.3, 0.4) is 0 Å². The van der Waals surface area contributed by atoms with Gasteiger partial charge in [-0.2, -0.15) is 0 Å². The van der Waals surface area contributed by atoms with Gasteiger partial charge in [-0.05, 0) is 38.0 Å². The zero-order valence-electron chi connectivity index (χ0n) is 16.3. The summed E-state index contributed by atoms with van der Waals surface area (Å²) in [5.41, 5.74) is 1.66. The summed E-state index contributed by atoms with van der Waals surface area (Å²) in [4.78, 5) is 5.21. The fourth-order valence-corrected chi connectivity index (χ4v) is 5.13. The zero-order chi connectivity index (χ0) is 19.8. The lowest BCUT2D eigenvalue weighted by atomic mass is 9.72. The molecule has 0 radical (unpaired) electrons. The number of phenolic OH excluding ortho intramolecular Hbond substituents is 1. The van der Waals surface area contributed by atoms with Crippen LogP contribution >= 0.6 is 11.8 Å². The topological polar surface area (TPSA) is 53.9 Å². The van der Waals surface area contributed by atoms with E-state index >= 15 is 0 Å². The van der Waals surface area contributed by atoms with Crippen molar-refractivity contribution in [2.75, 3.05) is 5.75 Å². The van der Waals surface area contributed by atoms with Gasteiger partial charge < -0.3 is 15.2 Å². The molecule has 1 spiro atoms. The molecule has 2 N–H and O–H groups in total. The number of fused-ring (bicyclic) bond motifs is 2. The molecule has 2 atom stereocenters. The van der Waals surface area contributed by atoms with Gasteiger partial charge >= 0.3 is 0 Å². The van der Waals surface area contributed by atoms with Gasteiger partial charge in [-0.3, -0.25) is 4.99 Å². The second-order valence-corrected chi connectivity index (χ2v) is 9.14. The lowest BCUT2D eigenvalue weighted by Crippen LogP contribution is -2.53. The minimum absolute atomic E-state index is 0.112. The number of aromatic hydroxyl groups is 1. The van der Waals surface area contributed by atoms with Crippen LogP contribution in [0.2, 0.25) is 0 Å². The van der Waals surface area contributed by atoms with Gasteiger partial charge in [0, 0.05) is 29.3 Å². The molecule has 4 nitrogen and oxygen atoms in total. The molecule has 5 heteroatoms. The third-order valence-corrected chi connectivity index (χ3v) is 6.13. The third kappa shape index (κ3) is 3.63. The van der Waals surface area contributed by atoms with E-state index in [4.69, 9.17) is 9.73 Å². The largest absolute Gasteiger partial charge is 0.508 e. The monoisotopic (exact) mass is 394 g/mol. The molecule has 2 heterocycles. The number of thioether (sulfide) groups is 1. The van der Waals surface area contributed by atoms with Crippen LogP contribution in [0.4, 0.5) is 0 Å². The number of nitrogens with zero attached hydrogens (tertiary/aromatic N) is 1. The van der Waals surface area contributed by atoms with Gasteiger partial charge in [0.05, 0.1) is 5.54 Å². The molecule has 2 aromatic rings. The summed E-state index contributed by atoms with van der Waals surface area (Å²) in [5, 5.41) is 14.6. The Hall–Kier alpha value is -2.40. The maximum Gasteiger partial charge on any atom is 0.158 e. The van der Waals surface area contributed by atoms with Crippen molar-refractivity contribution in [2.45, 2.75) is 43.9 Å². The van der Waals surface area contributed by atoms with Gasteiger partial charge in [0.2, 0.25) is 0 Å². The second kappa shape index (κ2) is 7.21. The molecular weight excluding hydrogens is 368 g/mol. The van der Waals surface area contributed by atoms with E-state index in [0.29, 0.717) is 0 Å². The smallest absolute Gasteiger partial charge is 0.158 e. The summed E-state index contributed by atoms with van der Waals surface area (Å²) in [5.74, 6) is 1.73. The number of nitrogens with one attached hydrogen (secondary N) is 1. The summed E-state index contributed by atoms with van der Waals surface area (Å²) in [6.45, 7) is 8.26. The number of rotatable bonds is 3. The van der Waals surface area contributed by atoms with Crippen LogP contribution in [0.25, 0.3) is 0 Å². The molecule has 28 heavy (non-hydrogen) atoms. The number of benzene rings is 2. The first-order chi connectivity index (χ1) is 13.4. The van der Waals surface area contributed by atoms with Crippen molar-refractivity contribution < 1.29 is 9.84 Å². The highest BCUT2D eigenvalue weighted by Crippen LogP contribution is 2.52. The number of aliphatic imine (C=N–C) groups is 1. The predicted octanol–water partition coefficient (Wildman–Crippen LogP) is 5.16. The summed E-state index contributed by atoms with van der Waals surface area (Å²) < 4.78 is 6.34. The minimum atomic E-state index is -0.403. The number of phenols is 1. The molecule has 0 fully saturated rings. The van der Waals surface area contributed by atoms with Gasteiger partial charge in [-0.15, -0.1) is 6.58 Å². The van der Waals surface area contributed by atoms with Crippen LogP contribution in [0.1, 0.15) is 43.9 Å². The predicted molar refractivity (Wildman–Crippen MR) is 116 cm³/mol. The molecule has 2 aliphatic rings. The lowest BCUT2D eigenvalue weighted by molar-refractivity contribution is 0.103. The van der Waals surface area contributed by atoms with Crippen LogP contribution in [0.5, 0.6) is 11.5 Å². The van der Waals surface area contributed by atoms with Crippen molar-refractivity contribution in [3.05, 3.63) is 72.3 Å². The highest BCUT2D eigenvalue weighted by Gasteiger charge is 2.48. The second-order valence-electron chi connectivity index (χ2n) is 8.14. The fourth-order valence-electron chi connectivity index (χ4n) is 4.26. The van der Waals surface area contributed by atoms with E-state index in [9.17, 15) is 5.11 Å². The Bertz CT molecular complexity index is 910. The number of hydrogen-bond donors (Lipinski definition) is 2. The van der Waals surface area contributed by atoms with Crippen LogP contribution in [-0.4, -0.2) is 21.6 Å². The maximum absolute atomic E-state index is 10.1. The average molecular weight is 395 g/mol. The van der Waals surface area contributed by atoms with E-state index in [2.05, 4.69) is 37.9 Å². The van der Waals surface area contributed by atoms with Gasteiger partial charge in [0.15, 0.2) is 5.17 Å². The lowest BCUT2D eigenvalue weighted by Gasteiger charge is -2.47. The molecule has 0 aliphatic carbocycles. The third-order valence-electron chi connectivity index (χ3n) is 5.26. The Morgan fingerprint density at radius 3 is 2.82 bits per heavy atom. The van der Waals surface area contributed by atoms with Crippen LogP contribution in [0.15, 0.2) is 66.2 Å². The Morgan fingerprint density at radius 1 is 1.29 bits per heavy atom.